The standard InChI is InChI=1S/C26H31N5O3/c1-18(2)22(27-24(32)21-12-8-5-9-13-21)26(33)31-16-14-30(15-17-31)19(3)25-28-23(29-34-25)20-10-6-4-7-11-20/h4-13,18-19,22H,14-17H2,1-3H3,(H,27,32). The summed E-state index contributed by atoms with van der Waals surface area (Å²) in [5.74, 6) is 0.840. The summed E-state index contributed by atoms with van der Waals surface area (Å²) in [5, 5.41) is 7.05. The lowest BCUT2D eigenvalue weighted by atomic mass is 10.0. The van der Waals surface area contributed by atoms with Gasteiger partial charge in [-0.25, -0.2) is 0 Å². The molecule has 0 spiro atoms. The van der Waals surface area contributed by atoms with Crippen molar-refractivity contribution in [2.45, 2.75) is 32.9 Å². The van der Waals surface area contributed by atoms with E-state index in [4.69, 9.17) is 4.52 Å². The second-order valence-electron chi connectivity index (χ2n) is 8.92. The lowest BCUT2D eigenvalue weighted by Crippen LogP contribution is -2.56. The van der Waals surface area contributed by atoms with Crippen LogP contribution in [0, 0.1) is 5.92 Å². The van der Waals surface area contributed by atoms with Crippen molar-refractivity contribution in [2.75, 3.05) is 26.2 Å². The summed E-state index contributed by atoms with van der Waals surface area (Å²) in [6.45, 7) is 8.47. The number of rotatable bonds is 7. The highest BCUT2D eigenvalue weighted by Crippen LogP contribution is 2.24. The molecule has 0 bridgehead atoms. The van der Waals surface area contributed by atoms with E-state index >= 15 is 0 Å². The van der Waals surface area contributed by atoms with Crippen LogP contribution in [0.4, 0.5) is 0 Å². The first-order chi connectivity index (χ1) is 16.4. The zero-order chi connectivity index (χ0) is 24.1. The minimum atomic E-state index is -0.568. The molecule has 0 saturated carbocycles. The maximum absolute atomic E-state index is 13.3. The largest absolute Gasteiger partial charge is 0.340 e. The van der Waals surface area contributed by atoms with Crippen molar-refractivity contribution < 1.29 is 14.1 Å². The van der Waals surface area contributed by atoms with E-state index in [1.165, 1.54) is 0 Å². The lowest BCUT2D eigenvalue weighted by molar-refractivity contribution is -0.136. The minimum absolute atomic E-state index is 0.0214. The number of aromatic nitrogens is 2. The third-order valence-electron chi connectivity index (χ3n) is 6.26. The normalized spacial score (nSPS) is 16.3. The molecule has 2 unspecified atom stereocenters. The Morgan fingerprint density at radius 2 is 1.53 bits per heavy atom. The summed E-state index contributed by atoms with van der Waals surface area (Å²) >= 11 is 0. The molecule has 1 N–H and O–H groups in total. The molecule has 1 saturated heterocycles. The van der Waals surface area contributed by atoms with E-state index in [0.717, 1.165) is 5.56 Å². The van der Waals surface area contributed by atoms with Gasteiger partial charge in [0.05, 0.1) is 6.04 Å². The zero-order valence-electron chi connectivity index (χ0n) is 19.8. The van der Waals surface area contributed by atoms with Gasteiger partial charge in [0.1, 0.15) is 6.04 Å². The summed E-state index contributed by atoms with van der Waals surface area (Å²) in [5.41, 5.74) is 1.46. The molecule has 3 aromatic rings. The summed E-state index contributed by atoms with van der Waals surface area (Å²) in [6.07, 6.45) is 0. The highest BCUT2D eigenvalue weighted by Gasteiger charge is 2.33. The molecule has 1 aliphatic heterocycles. The predicted molar refractivity (Wildman–Crippen MR) is 129 cm³/mol. The van der Waals surface area contributed by atoms with Gasteiger partial charge in [0.15, 0.2) is 0 Å². The minimum Gasteiger partial charge on any atom is -0.340 e. The Balaban J connectivity index is 1.35. The average Bonchev–Trinajstić information content (AvgIpc) is 3.38. The number of piperazine rings is 1. The molecule has 34 heavy (non-hydrogen) atoms. The molecule has 0 aliphatic carbocycles. The van der Waals surface area contributed by atoms with Crippen molar-refractivity contribution in [1.29, 1.82) is 0 Å². The van der Waals surface area contributed by atoms with Crippen molar-refractivity contribution in [2.24, 2.45) is 5.92 Å². The number of benzene rings is 2. The maximum Gasteiger partial charge on any atom is 0.251 e. The van der Waals surface area contributed by atoms with Gasteiger partial charge in [-0.05, 0) is 25.0 Å². The van der Waals surface area contributed by atoms with Crippen LogP contribution in [0.1, 0.15) is 43.1 Å². The average molecular weight is 462 g/mol. The van der Waals surface area contributed by atoms with Gasteiger partial charge in [0, 0.05) is 37.3 Å². The smallest absolute Gasteiger partial charge is 0.251 e. The van der Waals surface area contributed by atoms with Crippen molar-refractivity contribution in [1.82, 2.24) is 25.3 Å². The van der Waals surface area contributed by atoms with E-state index in [9.17, 15) is 9.59 Å². The third-order valence-corrected chi connectivity index (χ3v) is 6.26. The fraction of sp³-hybridized carbons (Fsp3) is 0.385. The van der Waals surface area contributed by atoms with Crippen LogP contribution in [0.2, 0.25) is 0 Å². The molecule has 1 aromatic heterocycles. The monoisotopic (exact) mass is 461 g/mol. The molecule has 4 rings (SSSR count). The Morgan fingerprint density at radius 1 is 0.912 bits per heavy atom. The van der Waals surface area contributed by atoms with Crippen LogP contribution in [0.5, 0.6) is 0 Å². The molecule has 1 aliphatic rings. The van der Waals surface area contributed by atoms with Crippen molar-refractivity contribution in [3.05, 3.63) is 72.1 Å². The summed E-state index contributed by atoms with van der Waals surface area (Å²) in [6, 6.07) is 18.1. The van der Waals surface area contributed by atoms with E-state index in [0.29, 0.717) is 43.5 Å². The second kappa shape index (κ2) is 10.6. The molecule has 2 atom stereocenters. The van der Waals surface area contributed by atoms with Crippen LogP contribution in [-0.2, 0) is 4.79 Å². The Morgan fingerprint density at radius 3 is 2.15 bits per heavy atom. The molecule has 2 aromatic carbocycles. The number of nitrogens with one attached hydrogen (secondary N) is 1. The number of carbonyl (C=O) groups excluding carboxylic acids is 2. The summed E-state index contributed by atoms with van der Waals surface area (Å²) in [4.78, 5) is 34.5. The molecular weight excluding hydrogens is 430 g/mol. The van der Waals surface area contributed by atoms with Crippen molar-refractivity contribution in [3.8, 4) is 11.4 Å². The van der Waals surface area contributed by atoms with Crippen LogP contribution >= 0.6 is 0 Å². The van der Waals surface area contributed by atoms with E-state index in [1.54, 1.807) is 12.1 Å². The number of carbonyl (C=O) groups is 2. The lowest BCUT2D eigenvalue weighted by Gasteiger charge is -2.38. The fourth-order valence-electron chi connectivity index (χ4n) is 4.12. The molecule has 8 heteroatoms. The molecular formula is C26H31N5O3. The first kappa shape index (κ1) is 23.6. The highest BCUT2D eigenvalue weighted by atomic mass is 16.5. The molecule has 1 fully saturated rings. The molecule has 0 radical (unpaired) electrons. The molecule has 2 amide bonds. The second-order valence-corrected chi connectivity index (χ2v) is 8.92. The number of hydrogen-bond acceptors (Lipinski definition) is 6. The van der Waals surface area contributed by atoms with Gasteiger partial charge < -0.3 is 14.7 Å². The van der Waals surface area contributed by atoms with Gasteiger partial charge in [-0.2, -0.15) is 4.98 Å². The first-order valence-electron chi connectivity index (χ1n) is 11.7. The fourth-order valence-corrected chi connectivity index (χ4v) is 4.12. The van der Waals surface area contributed by atoms with Crippen LogP contribution in [0.15, 0.2) is 65.2 Å². The SMILES string of the molecule is CC(C)C(NC(=O)c1ccccc1)C(=O)N1CCN(C(C)c2nc(-c3ccccc3)no2)CC1. The van der Waals surface area contributed by atoms with Crippen molar-refractivity contribution >= 4 is 11.8 Å². The van der Waals surface area contributed by atoms with Gasteiger partial charge >= 0.3 is 0 Å². The number of nitrogens with zero attached hydrogens (tertiary/aromatic N) is 4. The highest BCUT2D eigenvalue weighted by molar-refractivity contribution is 5.97. The first-order valence-corrected chi connectivity index (χ1v) is 11.7. The number of hydrogen-bond donors (Lipinski definition) is 1. The Hall–Kier alpha value is -3.52. The van der Waals surface area contributed by atoms with Crippen LogP contribution in [0.3, 0.4) is 0 Å². The molecule has 8 nitrogen and oxygen atoms in total. The quantitative estimate of drug-likeness (QED) is 0.580. The number of amides is 2. The van der Waals surface area contributed by atoms with E-state index in [-0.39, 0.29) is 23.8 Å². The van der Waals surface area contributed by atoms with E-state index in [1.807, 2.05) is 74.2 Å². The topological polar surface area (TPSA) is 91.6 Å². The maximum atomic E-state index is 13.3. The molecule has 2 heterocycles. The summed E-state index contributed by atoms with van der Waals surface area (Å²) in [7, 11) is 0. The predicted octanol–water partition coefficient (Wildman–Crippen LogP) is 3.40. The third kappa shape index (κ3) is 5.34. The van der Waals surface area contributed by atoms with Gasteiger partial charge in [0.2, 0.25) is 17.6 Å². The Labute approximate surface area is 199 Å². The van der Waals surface area contributed by atoms with Gasteiger partial charge in [-0.3, -0.25) is 14.5 Å². The van der Waals surface area contributed by atoms with Gasteiger partial charge in [0.25, 0.3) is 5.91 Å². The molecule has 178 valence electrons. The van der Waals surface area contributed by atoms with Crippen molar-refractivity contribution in [3.63, 3.8) is 0 Å². The van der Waals surface area contributed by atoms with Crippen LogP contribution in [0.25, 0.3) is 11.4 Å². The van der Waals surface area contributed by atoms with Crippen LogP contribution in [-0.4, -0.2) is 64.0 Å². The van der Waals surface area contributed by atoms with E-state index < -0.39 is 6.04 Å². The van der Waals surface area contributed by atoms with Gasteiger partial charge in [-0.15, -0.1) is 0 Å². The Bertz CT molecular complexity index is 1090. The van der Waals surface area contributed by atoms with E-state index in [2.05, 4.69) is 20.4 Å². The summed E-state index contributed by atoms with van der Waals surface area (Å²) < 4.78 is 5.53. The zero-order valence-corrected chi connectivity index (χ0v) is 19.8. The van der Waals surface area contributed by atoms with Crippen LogP contribution < -0.4 is 5.32 Å². The van der Waals surface area contributed by atoms with Gasteiger partial charge in [-0.1, -0.05) is 67.5 Å². The Kier molecular flexibility index (Phi) is 7.37.